The molecule has 2 aliphatic heterocycles. The number of aromatic nitrogens is 2. The lowest BCUT2D eigenvalue weighted by Crippen LogP contribution is -2.49. The Balaban J connectivity index is 1.24. The van der Waals surface area contributed by atoms with Gasteiger partial charge in [-0.3, -0.25) is 14.4 Å². The summed E-state index contributed by atoms with van der Waals surface area (Å²) in [5.74, 6) is -2.07. The Hall–Kier alpha value is -7.01. The number of carbonyl (C=O) groups excluding carboxylic acids is 3. The van der Waals surface area contributed by atoms with Gasteiger partial charge in [0.1, 0.15) is 17.1 Å². The summed E-state index contributed by atoms with van der Waals surface area (Å²) in [5, 5.41) is 6.61. The summed E-state index contributed by atoms with van der Waals surface area (Å²) < 4.78 is 17.5. The van der Waals surface area contributed by atoms with Crippen LogP contribution in [0.2, 0.25) is 0 Å². The third-order valence-corrected chi connectivity index (χ3v) is 9.69. The Morgan fingerprint density at radius 2 is 1.33 bits per heavy atom. The summed E-state index contributed by atoms with van der Waals surface area (Å²) in [4.78, 5) is 51.0. The van der Waals surface area contributed by atoms with Crippen LogP contribution in [0.25, 0.3) is 0 Å². The first-order valence-corrected chi connectivity index (χ1v) is 17.5. The number of fused-ring (bicyclic) bond motifs is 1. The summed E-state index contributed by atoms with van der Waals surface area (Å²) in [5.41, 5.74) is 6.47. The van der Waals surface area contributed by atoms with Gasteiger partial charge in [0.15, 0.2) is 0 Å². The molecule has 11 heteroatoms. The molecule has 0 radical (unpaired) electrons. The normalized spacial score (nSPS) is 15.7. The van der Waals surface area contributed by atoms with Gasteiger partial charge in [-0.1, -0.05) is 121 Å². The predicted octanol–water partition coefficient (Wildman–Crippen LogP) is 5.95. The van der Waals surface area contributed by atoms with Gasteiger partial charge >= 0.3 is 0 Å². The van der Waals surface area contributed by atoms with E-state index in [4.69, 9.17) is 9.98 Å². The number of benzene rings is 5. The molecule has 6 aromatic rings. The molecule has 3 amide bonds. The molecule has 8 rings (SSSR count). The highest BCUT2D eigenvalue weighted by atomic mass is 19.1. The van der Waals surface area contributed by atoms with Crippen molar-refractivity contribution in [3.05, 3.63) is 191 Å². The van der Waals surface area contributed by atoms with E-state index in [0.29, 0.717) is 16.9 Å². The molecule has 1 unspecified atom stereocenters. The summed E-state index contributed by atoms with van der Waals surface area (Å²) in [7, 11) is 0. The van der Waals surface area contributed by atoms with Crippen LogP contribution in [-0.4, -0.2) is 44.9 Å². The molecule has 54 heavy (non-hydrogen) atoms. The largest absolute Gasteiger partial charge is 0.321 e. The van der Waals surface area contributed by atoms with E-state index in [1.54, 1.807) is 48.8 Å². The van der Waals surface area contributed by atoms with Crippen LogP contribution in [0.15, 0.2) is 162 Å². The van der Waals surface area contributed by atoms with Crippen molar-refractivity contribution in [1.82, 2.24) is 20.3 Å². The SMILES string of the molecule is O=C1CCC(C(=O)NC2N=C(c3ccccc3F)c3ccccc3N(Cc3cn(C(c4ccccc4)(c4ccccc4)c4ccccc4)cn3)C2=O)=NN1. The summed E-state index contributed by atoms with van der Waals surface area (Å²) in [6.07, 6.45) is 2.41. The third-order valence-electron chi connectivity index (χ3n) is 9.69. The second kappa shape index (κ2) is 14.5. The van der Waals surface area contributed by atoms with Gasteiger partial charge in [0, 0.05) is 30.2 Å². The molecule has 266 valence electrons. The van der Waals surface area contributed by atoms with Crippen molar-refractivity contribution in [3.63, 3.8) is 0 Å². The van der Waals surface area contributed by atoms with Gasteiger partial charge in [-0.2, -0.15) is 5.10 Å². The molecule has 1 aromatic heterocycles. The average Bonchev–Trinajstić information content (AvgIpc) is 3.65. The van der Waals surface area contributed by atoms with Crippen molar-refractivity contribution < 1.29 is 18.8 Å². The average molecular weight is 716 g/mol. The Morgan fingerprint density at radius 1 is 0.759 bits per heavy atom. The fourth-order valence-electron chi connectivity index (χ4n) is 7.18. The number of para-hydroxylation sites is 1. The van der Waals surface area contributed by atoms with Gasteiger partial charge in [0.05, 0.1) is 30.0 Å². The zero-order valence-corrected chi connectivity index (χ0v) is 29.0. The molecule has 0 saturated carbocycles. The maximum atomic E-state index is 15.5. The van der Waals surface area contributed by atoms with E-state index in [2.05, 4.69) is 56.8 Å². The van der Waals surface area contributed by atoms with E-state index in [1.807, 2.05) is 60.8 Å². The zero-order chi connectivity index (χ0) is 37.1. The number of amides is 3. The first kappa shape index (κ1) is 34.1. The number of hydrogen-bond donors (Lipinski definition) is 2. The fourth-order valence-corrected chi connectivity index (χ4v) is 7.18. The maximum absolute atomic E-state index is 15.5. The predicted molar refractivity (Wildman–Crippen MR) is 203 cm³/mol. The molecule has 2 N–H and O–H groups in total. The number of hydrogen-bond acceptors (Lipinski definition) is 6. The van der Waals surface area contributed by atoms with E-state index < -0.39 is 29.3 Å². The molecule has 5 aromatic carbocycles. The standard InChI is InChI=1S/C43H34FN7O3/c44-35-22-12-10-20-33(35)39-34-21-11-13-23-37(34)51(42(54)40(46-39)47-41(53)36-24-25-38(52)49-48-36)27-32-26-50(28-45-32)43(29-14-4-1-5-15-29,30-16-6-2-7-17-30)31-18-8-3-9-19-31/h1-23,26,28,40H,24-25,27H2,(H,47,53)(H,49,52). The van der Waals surface area contributed by atoms with Crippen LogP contribution >= 0.6 is 0 Å². The number of aliphatic imine (C=N–C) groups is 1. The monoisotopic (exact) mass is 715 g/mol. The lowest BCUT2D eigenvalue weighted by atomic mass is 9.77. The summed E-state index contributed by atoms with van der Waals surface area (Å²) >= 11 is 0. The van der Waals surface area contributed by atoms with Gasteiger partial charge in [0.2, 0.25) is 12.1 Å². The molecule has 0 bridgehead atoms. The molecular formula is C43H34FN7O3. The quantitative estimate of drug-likeness (QED) is 0.180. The number of halogens is 1. The second-order valence-electron chi connectivity index (χ2n) is 12.9. The lowest BCUT2D eigenvalue weighted by molar-refractivity contribution is -0.125. The molecule has 1 atom stereocenters. The van der Waals surface area contributed by atoms with Crippen molar-refractivity contribution in [2.75, 3.05) is 4.90 Å². The Morgan fingerprint density at radius 3 is 1.93 bits per heavy atom. The van der Waals surface area contributed by atoms with Crippen molar-refractivity contribution >= 4 is 34.8 Å². The van der Waals surface area contributed by atoms with Crippen molar-refractivity contribution in [2.24, 2.45) is 10.1 Å². The number of anilines is 1. The van der Waals surface area contributed by atoms with Crippen LogP contribution in [0.3, 0.4) is 0 Å². The minimum atomic E-state index is -1.46. The molecule has 2 aliphatic rings. The molecule has 3 heterocycles. The van der Waals surface area contributed by atoms with Crippen molar-refractivity contribution in [3.8, 4) is 0 Å². The summed E-state index contributed by atoms with van der Waals surface area (Å²) in [6.45, 7) is 0.000736. The van der Waals surface area contributed by atoms with Gasteiger partial charge in [0.25, 0.3) is 11.8 Å². The Bertz CT molecular complexity index is 2320. The van der Waals surface area contributed by atoms with Crippen LogP contribution in [0.1, 0.15) is 46.4 Å². The van der Waals surface area contributed by atoms with Crippen molar-refractivity contribution in [2.45, 2.75) is 31.1 Å². The van der Waals surface area contributed by atoms with E-state index in [9.17, 15) is 14.4 Å². The molecule has 0 fully saturated rings. The zero-order valence-electron chi connectivity index (χ0n) is 29.0. The number of nitrogens with one attached hydrogen (secondary N) is 2. The van der Waals surface area contributed by atoms with E-state index in [1.165, 1.54) is 11.0 Å². The first-order chi connectivity index (χ1) is 26.4. The minimum absolute atomic E-state index is 0.000736. The number of nitrogens with zero attached hydrogens (tertiary/aromatic N) is 5. The van der Waals surface area contributed by atoms with Crippen LogP contribution in [0.4, 0.5) is 10.1 Å². The number of imidazole rings is 1. The molecule has 10 nitrogen and oxygen atoms in total. The van der Waals surface area contributed by atoms with Gasteiger partial charge < -0.3 is 14.8 Å². The Kier molecular flexibility index (Phi) is 9.19. The fraction of sp³-hybridized carbons (Fsp3) is 0.116. The molecule has 0 spiro atoms. The molecule has 0 saturated heterocycles. The highest BCUT2D eigenvalue weighted by molar-refractivity contribution is 6.40. The number of benzodiazepines with no additional fused rings is 1. The highest BCUT2D eigenvalue weighted by Crippen LogP contribution is 2.41. The van der Waals surface area contributed by atoms with E-state index in [-0.39, 0.29) is 42.3 Å². The topological polar surface area (TPSA) is 121 Å². The number of carbonyl (C=O) groups is 3. The third kappa shape index (κ3) is 6.25. The Labute approximate surface area is 310 Å². The van der Waals surface area contributed by atoms with Gasteiger partial charge in [-0.15, -0.1) is 0 Å². The lowest BCUT2D eigenvalue weighted by Gasteiger charge is -2.37. The smallest absolute Gasteiger partial charge is 0.272 e. The maximum Gasteiger partial charge on any atom is 0.272 e. The number of rotatable bonds is 9. The first-order valence-electron chi connectivity index (χ1n) is 17.5. The van der Waals surface area contributed by atoms with Gasteiger partial charge in [-0.25, -0.2) is 19.8 Å². The van der Waals surface area contributed by atoms with Crippen LogP contribution in [0.5, 0.6) is 0 Å². The van der Waals surface area contributed by atoms with E-state index in [0.717, 1.165) is 16.7 Å². The van der Waals surface area contributed by atoms with Crippen LogP contribution < -0.4 is 15.6 Å². The van der Waals surface area contributed by atoms with Crippen LogP contribution in [0, 0.1) is 5.82 Å². The van der Waals surface area contributed by atoms with Crippen LogP contribution in [-0.2, 0) is 26.5 Å². The molecule has 0 aliphatic carbocycles. The molecular weight excluding hydrogens is 682 g/mol. The second-order valence-corrected chi connectivity index (χ2v) is 12.9. The highest BCUT2D eigenvalue weighted by Gasteiger charge is 2.39. The van der Waals surface area contributed by atoms with E-state index >= 15 is 4.39 Å². The minimum Gasteiger partial charge on any atom is -0.321 e. The van der Waals surface area contributed by atoms with Gasteiger partial charge in [-0.05, 0) is 34.9 Å². The van der Waals surface area contributed by atoms with Crippen molar-refractivity contribution in [1.29, 1.82) is 0 Å². The number of hydrazone groups is 1. The summed E-state index contributed by atoms with van der Waals surface area (Å²) in [6, 6.07) is 43.8.